The molecule has 0 amide bonds. The maximum atomic E-state index is 5.21. The molecule has 8 heteroatoms. The van der Waals surface area contributed by atoms with Crippen LogP contribution in [0, 0.1) is 6.92 Å². The molecular formula is C14H11N7O. The maximum Gasteiger partial charge on any atom is 0.215 e. The van der Waals surface area contributed by atoms with Gasteiger partial charge in [-0.25, -0.2) is 15.0 Å². The van der Waals surface area contributed by atoms with Crippen molar-refractivity contribution >= 4 is 16.8 Å². The van der Waals surface area contributed by atoms with Crippen molar-refractivity contribution in [1.82, 2.24) is 34.5 Å². The Balaban J connectivity index is 2.15. The molecule has 4 aromatic rings. The minimum Gasteiger partial charge on any atom is -0.481 e. The standard InChI is InChI=1S/C14H11N7O/c1-8-12-20-19-10-3-4-11(22-2)18-14(10)21(12)13(17-8)9-5-15-7-16-6-9/h3-7H,1-2H3. The lowest BCUT2D eigenvalue weighted by molar-refractivity contribution is 0.399. The Kier molecular flexibility index (Phi) is 2.68. The van der Waals surface area contributed by atoms with E-state index in [1.165, 1.54) is 6.33 Å². The lowest BCUT2D eigenvalue weighted by Crippen LogP contribution is -2.00. The Bertz CT molecular complexity index is 981. The number of methoxy groups -OCH3 is 1. The molecule has 0 N–H and O–H groups in total. The summed E-state index contributed by atoms with van der Waals surface area (Å²) in [5.41, 5.74) is 3.47. The summed E-state index contributed by atoms with van der Waals surface area (Å²) in [4.78, 5) is 17.1. The summed E-state index contributed by atoms with van der Waals surface area (Å²) in [5.74, 6) is 1.18. The van der Waals surface area contributed by atoms with Gasteiger partial charge in [0.2, 0.25) is 5.88 Å². The van der Waals surface area contributed by atoms with Crippen LogP contribution in [-0.2, 0) is 0 Å². The van der Waals surface area contributed by atoms with Crippen LogP contribution in [0.5, 0.6) is 5.88 Å². The van der Waals surface area contributed by atoms with Gasteiger partial charge in [-0.15, -0.1) is 10.2 Å². The molecular weight excluding hydrogens is 282 g/mol. The highest BCUT2D eigenvalue weighted by Gasteiger charge is 2.16. The number of aryl methyl sites for hydroxylation is 1. The molecule has 0 fully saturated rings. The van der Waals surface area contributed by atoms with Gasteiger partial charge in [-0.2, -0.15) is 4.98 Å². The summed E-state index contributed by atoms with van der Waals surface area (Å²) >= 11 is 0. The van der Waals surface area contributed by atoms with Gasteiger partial charge in [-0.05, 0) is 13.0 Å². The van der Waals surface area contributed by atoms with Crippen molar-refractivity contribution in [3.8, 4) is 17.3 Å². The molecule has 4 aromatic heterocycles. The van der Waals surface area contributed by atoms with E-state index in [0.29, 0.717) is 28.5 Å². The molecule has 4 heterocycles. The second kappa shape index (κ2) is 4.69. The van der Waals surface area contributed by atoms with E-state index >= 15 is 0 Å². The van der Waals surface area contributed by atoms with E-state index in [2.05, 4.69) is 30.1 Å². The third-order valence-corrected chi connectivity index (χ3v) is 3.34. The van der Waals surface area contributed by atoms with Gasteiger partial charge in [-0.1, -0.05) is 0 Å². The first kappa shape index (κ1) is 12.6. The molecule has 0 radical (unpaired) electrons. The number of ether oxygens (including phenoxy) is 1. The van der Waals surface area contributed by atoms with Gasteiger partial charge in [0, 0.05) is 18.5 Å². The first-order chi connectivity index (χ1) is 10.8. The number of hydrogen-bond acceptors (Lipinski definition) is 7. The van der Waals surface area contributed by atoms with Crippen molar-refractivity contribution in [2.24, 2.45) is 0 Å². The summed E-state index contributed by atoms with van der Waals surface area (Å²) in [5, 5.41) is 8.43. The van der Waals surface area contributed by atoms with Gasteiger partial charge >= 0.3 is 0 Å². The molecule has 0 aliphatic carbocycles. The summed E-state index contributed by atoms with van der Waals surface area (Å²) in [6, 6.07) is 3.56. The molecule has 0 saturated heterocycles. The molecule has 8 nitrogen and oxygen atoms in total. The van der Waals surface area contributed by atoms with E-state index in [1.807, 2.05) is 17.4 Å². The summed E-state index contributed by atoms with van der Waals surface area (Å²) in [6.07, 6.45) is 4.88. The quantitative estimate of drug-likeness (QED) is 0.552. The minimum absolute atomic E-state index is 0.503. The molecule has 4 rings (SSSR count). The fourth-order valence-electron chi connectivity index (χ4n) is 2.33. The van der Waals surface area contributed by atoms with Gasteiger partial charge < -0.3 is 4.74 Å². The Morgan fingerprint density at radius 3 is 2.59 bits per heavy atom. The Hall–Kier alpha value is -3.16. The Morgan fingerprint density at radius 1 is 1.00 bits per heavy atom. The first-order valence-corrected chi connectivity index (χ1v) is 6.60. The molecule has 0 aliphatic rings. The predicted molar refractivity (Wildman–Crippen MR) is 78.4 cm³/mol. The number of fused-ring (bicyclic) bond motifs is 3. The average molecular weight is 293 g/mol. The fraction of sp³-hybridized carbons (Fsp3) is 0.143. The smallest absolute Gasteiger partial charge is 0.215 e. The van der Waals surface area contributed by atoms with Gasteiger partial charge in [0.05, 0.1) is 18.4 Å². The highest BCUT2D eigenvalue weighted by atomic mass is 16.5. The Labute approximate surface area is 124 Å². The molecule has 0 unspecified atom stereocenters. The predicted octanol–water partition coefficient (Wildman–Crippen LogP) is 1.45. The normalized spacial score (nSPS) is 11.2. The van der Waals surface area contributed by atoms with Crippen LogP contribution in [0.4, 0.5) is 0 Å². The van der Waals surface area contributed by atoms with Crippen LogP contribution in [0.25, 0.3) is 28.2 Å². The number of aromatic nitrogens is 7. The van der Waals surface area contributed by atoms with Crippen molar-refractivity contribution in [3.05, 3.63) is 36.5 Å². The SMILES string of the molecule is COc1ccc2nnc3c(C)nc(-c4cncnc4)n3c2n1. The molecule has 0 spiro atoms. The largest absolute Gasteiger partial charge is 0.481 e. The molecule has 0 aliphatic heterocycles. The van der Waals surface area contributed by atoms with Crippen molar-refractivity contribution in [3.63, 3.8) is 0 Å². The monoisotopic (exact) mass is 293 g/mol. The first-order valence-electron chi connectivity index (χ1n) is 6.60. The summed E-state index contributed by atoms with van der Waals surface area (Å²) < 4.78 is 7.05. The van der Waals surface area contributed by atoms with Gasteiger partial charge in [0.25, 0.3) is 0 Å². The molecule has 0 aromatic carbocycles. The lowest BCUT2D eigenvalue weighted by atomic mass is 10.3. The van der Waals surface area contributed by atoms with E-state index < -0.39 is 0 Å². The van der Waals surface area contributed by atoms with Crippen LogP contribution in [0.1, 0.15) is 5.69 Å². The van der Waals surface area contributed by atoms with Crippen LogP contribution in [-0.4, -0.2) is 41.6 Å². The van der Waals surface area contributed by atoms with Crippen LogP contribution < -0.4 is 4.74 Å². The molecule has 22 heavy (non-hydrogen) atoms. The van der Waals surface area contributed by atoms with Gasteiger partial charge in [-0.3, -0.25) is 4.40 Å². The van der Waals surface area contributed by atoms with Crippen LogP contribution in [0.3, 0.4) is 0 Å². The zero-order chi connectivity index (χ0) is 15.1. The third kappa shape index (κ3) is 1.77. The molecule has 0 saturated carbocycles. The number of imidazole rings is 1. The van der Waals surface area contributed by atoms with E-state index in [4.69, 9.17) is 4.74 Å². The topological polar surface area (TPSA) is 91.0 Å². The van der Waals surface area contributed by atoms with E-state index in [0.717, 1.165) is 11.3 Å². The van der Waals surface area contributed by atoms with Crippen molar-refractivity contribution in [2.45, 2.75) is 6.92 Å². The zero-order valence-corrected chi connectivity index (χ0v) is 11.9. The highest BCUT2D eigenvalue weighted by Crippen LogP contribution is 2.24. The van der Waals surface area contributed by atoms with Crippen LogP contribution in [0.2, 0.25) is 0 Å². The second-order valence-corrected chi connectivity index (χ2v) is 4.70. The number of nitrogens with zero attached hydrogens (tertiary/aromatic N) is 7. The van der Waals surface area contributed by atoms with Crippen LogP contribution >= 0.6 is 0 Å². The highest BCUT2D eigenvalue weighted by molar-refractivity contribution is 5.77. The molecule has 0 atom stereocenters. The van der Waals surface area contributed by atoms with Crippen molar-refractivity contribution in [2.75, 3.05) is 7.11 Å². The average Bonchev–Trinajstić information content (AvgIpc) is 2.92. The maximum absolute atomic E-state index is 5.21. The Morgan fingerprint density at radius 2 is 1.82 bits per heavy atom. The molecule has 108 valence electrons. The molecule has 0 bridgehead atoms. The number of rotatable bonds is 2. The second-order valence-electron chi connectivity index (χ2n) is 4.70. The van der Waals surface area contributed by atoms with Gasteiger partial charge in [0.15, 0.2) is 17.1 Å². The van der Waals surface area contributed by atoms with Gasteiger partial charge in [0.1, 0.15) is 11.8 Å². The van der Waals surface area contributed by atoms with E-state index in [1.54, 1.807) is 25.6 Å². The number of hydrogen-bond donors (Lipinski definition) is 0. The van der Waals surface area contributed by atoms with E-state index in [9.17, 15) is 0 Å². The van der Waals surface area contributed by atoms with Crippen molar-refractivity contribution in [1.29, 1.82) is 0 Å². The van der Waals surface area contributed by atoms with E-state index in [-0.39, 0.29) is 0 Å². The third-order valence-electron chi connectivity index (χ3n) is 3.34. The van der Waals surface area contributed by atoms with Crippen molar-refractivity contribution < 1.29 is 4.74 Å². The zero-order valence-electron chi connectivity index (χ0n) is 11.9. The number of pyridine rings is 1. The minimum atomic E-state index is 0.503. The summed E-state index contributed by atoms with van der Waals surface area (Å²) in [6.45, 7) is 1.88. The van der Waals surface area contributed by atoms with Crippen LogP contribution in [0.15, 0.2) is 30.9 Å². The fourth-order valence-corrected chi connectivity index (χ4v) is 2.33. The summed E-state index contributed by atoms with van der Waals surface area (Å²) in [7, 11) is 1.57. The lowest BCUT2D eigenvalue weighted by Gasteiger charge is -2.05.